The number of rotatable bonds is 7. The molecule has 0 radical (unpaired) electrons. The molecule has 0 aliphatic heterocycles. The van der Waals surface area contributed by atoms with E-state index in [2.05, 4.69) is 229 Å². The maximum Gasteiger partial charge on any atom is 0.0467 e. The summed E-state index contributed by atoms with van der Waals surface area (Å²) >= 11 is 3.76. The highest BCUT2D eigenvalue weighted by atomic mass is 32.1. The van der Waals surface area contributed by atoms with E-state index in [1.807, 2.05) is 22.7 Å². The van der Waals surface area contributed by atoms with Crippen LogP contribution in [0.15, 0.2) is 224 Å². The summed E-state index contributed by atoms with van der Waals surface area (Å²) in [6, 6.07) is 82.4. The third-order valence-corrected chi connectivity index (χ3v) is 14.5. The van der Waals surface area contributed by atoms with Crippen LogP contribution >= 0.6 is 22.7 Å². The Morgan fingerprint density at radius 3 is 1.38 bits per heavy atom. The molecule has 0 saturated carbocycles. The van der Waals surface area contributed by atoms with Gasteiger partial charge in [-0.3, -0.25) is 0 Å². The van der Waals surface area contributed by atoms with Crippen LogP contribution in [0.25, 0.3) is 95.6 Å². The van der Waals surface area contributed by atoms with E-state index >= 15 is 0 Å². The number of anilines is 3. The van der Waals surface area contributed by atoms with E-state index in [0.29, 0.717) is 0 Å². The Morgan fingerprint density at radius 1 is 0.262 bits per heavy atom. The number of benzene rings is 10. The van der Waals surface area contributed by atoms with Gasteiger partial charge in [0.05, 0.1) is 0 Å². The molecule has 0 spiro atoms. The van der Waals surface area contributed by atoms with E-state index in [-0.39, 0.29) is 0 Å². The van der Waals surface area contributed by atoms with E-state index in [0.717, 1.165) is 17.1 Å². The molecular formula is C58H37NS2. The number of thiophene rings is 2. The van der Waals surface area contributed by atoms with Gasteiger partial charge >= 0.3 is 0 Å². The molecule has 2 heterocycles. The van der Waals surface area contributed by atoms with Crippen LogP contribution in [-0.4, -0.2) is 0 Å². The summed E-state index contributed by atoms with van der Waals surface area (Å²) in [6.07, 6.45) is 0. The Balaban J connectivity index is 0.975. The Morgan fingerprint density at radius 2 is 0.721 bits per heavy atom. The van der Waals surface area contributed by atoms with Gasteiger partial charge in [-0.05, 0) is 116 Å². The van der Waals surface area contributed by atoms with Gasteiger partial charge < -0.3 is 4.90 Å². The fraction of sp³-hybridized carbons (Fsp3) is 0. The topological polar surface area (TPSA) is 3.24 Å². The predicted octanol–water partition coefficient (Wildman–Crippen LogP) is 17.7. The SMILES string of the molecule is c1cc(-c2cccc(N(c3ccc(-c4ccc5ccccc5c4)cc3)c3cccc(-c4cccc5c4sc4ccccc45)c3)c2)cc(-c2cccc3c2sc2ccccc23)c1. The normalized spacial score (nSPS) is 11.6. The molecular weight excluding hydrogens is 775 g/mol. The summed E-state index contributed by atoms with van der Waals surface area (Å²) in [6.45, 7) is 0. The fourth-order valence-electron chi connectivity index (χ4n) is 9.07. The van der Waals surface area contributed by atoms with Crippen molar-refractivity contribution in [1.82, 2.24) is 0 Å². The summed E-state index contributed by atoms with van der Waals surface area (Å²) in [5.74, 6) is 0. The molecule has 0 atom stereocenters. The van der Waals surface area contributed by atoms with E-state index in [1.54, 1.807) is 0 Å². The Bertz CT molecular complexity index is 3610. The minimum Gasteiger partial charge on any atom is -0.310 e. The van der Waals surface area contributed by atoms with Crippen LogP contribution in [0.4, 0.5) is 17.1 Å². The molecule has 286 valence electrons. The van der Waals surface area contributed by atoms with Gasteiger partial charge in [0.1, 0.15) is 0 Å². The van der Waals surface area contributed by atoms with E-state index in [9.17, 15) is 0 Å². The smallest absolute Gasteiger partial charge is 0.0467 e. The minimum absolute atomic E-state index is 1.10. The van der Waals surface area contributed by atoms with Crippen molar-refractivity contribution in [2.75, 3.05) is 4.90 Å². The Labute approximate surface area is 362 Å². The van der Waals surface area contributed by atoms with E-state index in [1.165, 1.54) is 95.6 Å². The first kappa shape index (κ1) is 35.6. The maximum absolute atomic E-state index is 2.41. The van der Waals surface area contributed by atoms with Crippen molar-refractivity contribution in [3.8, 4) is 44.5 Å². The zero-order valence-electron chi connectivity index (χ0n) is 33.1. The quantitative estimate of drug-likeness (QED) is 0.155. The molecule has 12 rings (SSSR count). The van der Waals surface area contributed by atoms with E-state index < -0.39 is 0 Å². The lowest BCUT2D eigenvalue weighted by Crippen LogP contribution is -2.10. The standard InChI is InChI=1S/C58H37NS2/c1-2-13-40-34-43(29-28-38(40)12-1)39-30-32-46(33-31-39)59(48-19-9-17-45(37-48)50-23-11-25-54-52-21-4-6-27-56(52)61-58(50)54)47-18-8-15-42(36-47)41-14-7-16-44(35-41)49-22-10-24-53-51-20-3-5-26-55(51)60-57(49)53/h1-37H. The third kappa shape index (κ3) is 6.29. The van der Waals surface area contributed by atoms with Crippen molar-refractivity contribution in [2.45, 2.75) is 0 Å². The number of hydrogen-bond donors (Lipinski definition) is 0. The predicted molar refractivity (Wildman–Crippen MR) is 266 cm³/mol. The average Bonchev–Trinajstić information content (AvgIpc) is 3.91. The van der Waals surface area contributed by atoms with Crippen LogP contribution in [-0.2, 0) is 0 Å². The van der Waals surface area contributed by atoms with Crippen molar-refractivity contribution >= 4 is 90.9 Å². The lowest BCUT2D eigenvalue weighted by molar-refractivity contribution is 1.28. The van der Waals surface area contributed by atoms with Crippen molar-refractivity contribution < 1.29 is 0 Å². The van der Waals surface area contributed by atoms with Crippen molar-refractivity contribution in [2.24, 2.45) is 0 Å². The van der Waals surface area contributed by atoms with Crippen LogP contribution in [0, 0.1) is 0 Å². The van der Waals surface area contributed by atoms with Gasteiger partial charge in [0.25, 0.3) is 0 Å². The molecule has 12 aromatic rings. The minimum atomic E-state index is 1.10. The molecule has 0 aliphatic rings. The van der Waals surface area contributed by atoms with Gasteiger partial charge in [0.15, 0.2) is 0 Å². The van der Waals surface area contributed by atoms with Crippen LogP contribution in [0.5, 0.6) is 0 Å². The maximum atomic E-state index is 2.41. The average molecular weight is 812 g/mol. The largest absolute Gasteiger partial charge is 0.310 e. The highest BCUT2D eigenvalue weighted by Crippen LogP contribution is 2.44. The number of fused-ring (bicyclic) bond motifs is 7. The van der Waals surface area contributed by atoms with Gasteiger partial charge in [-0.1, -0.05) is 164 Å². The first-order valence-corrected chi connectivity index (χ1v) is 22.4. The van der Waals surface area contributed by atoms with Crippen molar-refractivity contribution in [3.05, 3.63) is 224 Å². The van der Waals surface area contributed by atoms with Gasteiger partial charge in [-0.2, -0.15) is 0 Å². The summed E-state index contributed by atoms with van der Waals surface area (Å²) in [4.78, 5) is 2.41. The zero-order valence-corrected chi connectivity index (χ0v) is 34.8. The fourth-order valence-corrected chi connectivity index (χ4v) is 11.5. The summed E-state index contributed by atoms with van der Waals surface area (Å²) in [7, 11) is 0. The lowest BCUT2D eigenvalue weighted by Gasteiger charge is -2.27. The van der Waals surface area contributed by atoms with Gasteiger partial charge in [-0.15, -0.1) is 22.7 Å². The molecule has 61 heavy (non-hydrogen) atoms. The zero-order chi connectivity index (χ0) is 40.3. The molecule has 0 unspecified atom stereocenters. The second-order valence-corrected chi connectivity index (χ2v) is 17.8. The van der Waals surface area contributed by atoms with Crippen LogP contribution < -0.4 is 4.90 Å². The lowest BCUT2D eigenvalue weighted by atomic mass is 9.97. The molecule has 1 nitrogen and oxygen atoms in total. The highest BCUT2D eigenvalue weighted by molar-refractivity contribution is 7.26. The molecule has 0 saturated heterocycles. The molecule has 3 heteroatoms. The Hall–Kier alpha value is -7.30. The second-order valence-electron chi connectivity index (χ2n) is 15.7. The number of hydrogen-bond acceptors (Lipinski definition) is 3. The number of nitrogens with zero attached hydrogens (tertiary/aromatic N) is 1. The summed E-state index contributed by atoms with van der Waals surface area (Å²) < 4.78 is 5.29. The second kappa shape index (κ2) is 14.8. The van der Waals surface area contributed by atoms with Gasteiger partial charge in [0, 0.05) is 57.4 Å². The molecule has 0 bridgehead atoms. The Kier molecular flexibility index (Phi) is 8.62. The first-order valence-electron chi connectivity index (χ1n) is 20.7. The van der Waals surface area contributed by atoms with Gasteiger partial charge in [-0.25, -0.2) is 0 Å². The van der Waals surface area contributed by atoms with Crippen LogP contribution in [0.2, 0.25) is 0 Å². The van der Waals surface area contributed by atoms with Crippen LogP contribution in [0.3, 0.4) is 0 Å². The molecule has 0 N–H and O–H groups in total. The summed E-state index contributed by atoms with van der Waals surface area (Å²) in [5.41, 5.74) is 13.0. The monoisotopic (exact) mass is 811 g/mol. The van der Waals surface area contributed by atoms with Gasteiger partial charge in [0.2, 0.25) is 0 Å². The molecule has 0 fully saturated rings. The molecule has 0 amide bonds. The molecule has 0 aliphatic carbocycles. The van der Waals surface area contributed by atoms with Crippen LogP contribution in [0.1, 0.15) is 0 Å². The molecule has 10 aromatic carbocycles. The first-order chi connectivity index (χ1) is 30.2. The summed E-state index contributed by atoms with van der Waals surface area (Å²) in [5, 5.41) is 7.76. The van der Waals surface area contributed by atoms with E-state index in [4.69, 9.17) is 0 Å². The van der Waals surface area contributed by atoms with Crippen molar-refractivity contribution in [3.63, 3.8) is 0 Å². The highest BCUT2D eigenvalue weighted by Gasteiger charge is 2.18. The van der Waals surface area contributed by atoms with Crippen molar-refractivity contribution in [1.29, 1.82) is 0 Å². The third-order valence-electron chi connectivity index (χ3n) is 12.0. The molecule has 2 aromatic heterocycles.